The molecule has 176 valence electrons. The van der Waals surface area contributed by atoms with E-state index < -0.39 is 0 Å². The third-order valence-electron chi connectivity index (χ3n) is 5.51. The molecule has 8 nitrogen and oxygen atoms in total. The summed E-state index contributed by atoms with van der Waals surface area (Å²) in [5, 5.41) is 4.30. The molecule has 4 aromatic heterocycles. The van der Waals surface area contributed by atoms with Gasteiger partial charge >= 0.3 is 0 Å². The minimum atomic E-state index is -0.361. The molecule has 0 aromatic carbocycles. The molecule has 4 heterocycles. The SMILES string of the molecule is Cc1cnc(-c2nc(C(C)C)ncc2C)cc1-n1c(C)cc(OCc2ccn(C)n2)c(Cl)c1=O. The maximum absolute atomic E-state index is 13.3. The minimum Gasteiger partial charge on any atom is -0.485 e. The molecule has 0 N–H and O–H groups in total. The van der Waals surface area contributed by atoms with Crippen LogP contribution in [0.25, 0.3) is 17.1 Å². The number of hydrogen-bond acceptors (Lipinski definition) is 6. The quantitative estimate of drug-likeness (QED) is 0.399. The molecule has 0 bridgehead atoms. The second-order valence-corrected chi connectivity index (χ2v) is 9.02. The van der Waals surface area contributed by atoms with Crippen LogP contribution in [0.1, 0.15) is 48.1 Å². The van der Waals surface area contributed by atoms with Crippen molar-refractivity contribution in [2.24, 2.45) is 7.05 Å². The molecule has 0 atom stereocenters. The molecular formula is C25H27ClN6O2. The minimum absolute atomic E-state index is 0.0135. The molecular weight excluding hydrogens is 452 g/mol. The number of halogens is 1. The summed E-state index contributed by atoms with van der Waals surface area (Å²) in [6.45, 7) is 10.0. The van der Waals surface area contributed by atoms with Gasteiger partial charge in [0.2, 0.25) is 0 Å². The summed E-state index contributed by atoms with van der Waals surface area (Å²) in [6, 6.07) is 5.48. The normalized spacial score (nSPS) is 11.3. The van der Waals surface area contributed by atoms with Crippen LogP contribution in [-0.2, 0) is 13.7 Å². The summed E-state index contributed by atoms with van der Waals surface area (Å²) < 4.78 is 9.08. The van der Waals surface area contributed by atoms with Crippen molar-refractivity contribution < 1.29 is 4.74 Å². The van der Waals surface area contributed by atoms with Crippen molar-refractivity contribution in [2.45, 2.75) is 47.1 Å². The molecule has 0 saturated heterocycles. The summed E-state index contributed by atoms with van der Waals surface area (Å²) in [4.78, 5) is 27.1. The Bertz CT molecular complexity index is 1420. The van der Waals surface area contributed by atoms with Crippen LogP contribution in [0.4, 0.5) is 0 Å². The standard InChI is InChI=1S/C25H27ClN6O2/c1-14(2)24-28-12-16(4)23(29-24)19-10-20(15(3)11-27-19)32-17(5)9-21(22(26)25(32)33)34-13-18-7-8-31(6)30-18/h7-12,14H,13H2,1-6H3. The lowest BCUT2D eigenvalue weighted by Gasteiger charge is -2.17. The highest BCUT2D eigenvalue weighted by Gasteiger charge is 2.18. The van der Waals surface area contributed by atoms with E-state index in [0.717, 1.165) is 28.3 Å². The van der Waals surface area contributed by atoms with E-state index in [0.29, 0.717) is 22.8 Å². The zero-order valence-corrected chi connectivity index (χ0v) is 20.9. The highest BCUT2D eigenvalue weighted by atomic mass is 35.5. The second-order valence-electron chi connectivity index (χ2n) is 8.64. The molecule has 0 saturated carbocycles. The highest BCUT2D eigenvalue weighted by Crippen LogP contribution is 2.28. The number of aromatic nitrogens is 6. The second kappa shape index (κ2) is 9.38. The van der Waals surface area contributed by atoms with E-state index in [1.54, 1.807) is 27.7 Å². The molecule has 4 aromatic rings. The van der Waals surface area contributed by atoms with Gasteiger partial charge in [-0.3, -0.25) is 19.0 Å². The molecule has 0 radical (unpaired) electrons. The monoisotopic (exact) mass is 478 g/mol. The van der Waals surface area contributed by atoms with Gasteiger partial charge in [-0.1, -0.05) is 25.4 Å². The van der Waals surface area contributed by atoms with Crippen LogP contribution in [0.15, 0.2) is 41.6 Å². The van der Waals surface area contributed by atoms with Crippen LogP contribution in [0.5, 0.6) is 5.75 Å². The number of pyridine rings is 2. The van der Waals surface area contributed by atoms with Crippen molar-refractivity contribution in [3.8, 4) is 22.8 Å². The summed E-state index contributed by atoms with van der Waals surface area (Å²) in [6.07, 6.45) is 5.38. The fourth-order valence-electron chi connectivity index (χ4n) is 3.65. The van der Waals surface area contributed by atoms with Crippen LogP contribution in [0, 0.1) is 20.8 Å². The van der Waals surface area contributed by atoms with E-state index in [-0.39, 0.29) is 23.1 Å². The van der Waals surface area contributed by atoms with Gasteiger partial charge in [0.15, 0.2) is 0 Å². The summed E-state index contributed by atoms with van der Waals surface area (Å²) in [5.74, 6) is 1.26. The number of aryl methyl sites for hydroxylation is 4. The zero-order chi connectivity index (χ0) is 24.6. The molecule has 0 aliphatic rings. The van der Waals surface area contributed by atoms with Crippen LogP contribution in [0.2, 0.25) is 5.02 Å². The molecule has 0 unspecified atom stereocenters. The fourth-order valence-corrected chi connectivity index (χ4v) is 3.85. The molecule has 9 heteroatoms. The number of rotatable bonds is 6. The van der Waals surface area contributed by atoms with E-state index in [2.05, 4.69) is 15.1 Å². The Balaban J connectivity index is 1.76. The average Bonchev–Trinajstić information content (AvgIpc) is 3.22. The first kappa shape index (κ1) is 23.6. The first-order valence-corrected chi connectivity index (χ1v) is 11.4. The van der Waals surface area contributed by atoms with Gasteiger partial charge in [-0.05, 0) is 44.0 Å². The van der Waals surface area contributed by atoms with Gasteiger partial charge in [-0.15, -0.1) is 0 Å². The van der Waals surface area contributed by atoms with Crippen molar-refractivity contribution in [1.29, 1.82) is 0 Å². The third-order valence-corrected chi connectivity index (χ3v) is 5.86. The molecule has 34 heavy (non-hydrogen) atoms. The van der Waals surface area contributed by atoms with Crippen molar-refractivity contribution in [3.63, 3.8) is 0 Å². The Labute approximate surface area is 203 Å². The van der Waals surface area contributed by atoms with E-state index in [1.165, 1.54) is 0 Å². The number of ether oxygens (including phenoxy) is 1. The molecule has 0 amide bonds. The van der Waals surface area contributed by atoms with Crippen molar-refractivity contribution >= 4 is 11.6 Å². The lowest BCUT2D eigenvalue weighted by atomic mass is 10.1. The van der Waals surface area contributed by atoms with Crippen LogP contribution in [-0.4, -0.2) is 29.3 Å². The topological polar surface area (TPSA) is 87.7 Å². The van der Waals surface area contributed by atoms with Gasteiger partial charge in [-0.2, -0.15) is 5.10 Å². The average molecular weight is 479 g/mol. The summed E-state index contributed by atoms with van der Waals surface area (Å²) in [7, 11) is 1.83. The smallest absolute Gasteiger partial charge is 0.277 e. The largest absolute Gasteiger partial charge is 0.485 e. The van der Waals surface area contributed by atoms with Gasteiger partial charge in [0.25, 0.3) is 5.56 Å². The predicted molar refractivity (Wildman–Crippen MR) is 132 cm³/mol. The lowest BCUT2D eigenvalue weighted by molar-refractivity contribution is 0.299. The van der Waals surface area contributed by atoms with Crippen molar-refractivity contribution in [1.82, 2.24) is 29.3 Å². The first-order chi connectivity index (χ1) is 16.2. The maximum Gasteiger partial charge on any atom is 0.277 e. The third kappa shape index (κ3) is 4.59. The van der Waals surface area contributed by atoms with Gasteiger partial charge in [0.1, 0.15) is 23.2 Å². The van der Waals surface area contributed by atoms with E-state index in [1.807, 2.05) is 60.0 Å². The summed E-state index contributed by atoms with van der Waals surface area (Å²) in [5.41, 5.74) is 4.92. The van der Waals surface area contributed by atoms with E-state index in [9.17, 15) is 4.79 Å². The fraction of sp³-hybridized carbons (Fsp3) is 0.320. The van der Waals surface area contributed by atoms with Crippen LogP contribution < -0.4 is 10.3 Å². The van der Waals surface area contributed by atoms with Crippen LogP contribution in [0.3, 0.4) is 0 Å². The molecule has 4 rings (SSSR count). The van der Waals surface area contributed by atoms with Crippen molar-refractivity contribution in [2.75, 3.05) is 0 Å². The van der Waals surface area contributed by atoms with E-state index >= 15 is 0 Å². The first-order valence-electron chi connectivity index (χ1n) is 11.0. The van der Waals surface area contributed by atoms with E-state index in [4.69, 9.17) is 21.3 Å². The van der Waals surface area contributed by atoms with Gasteiger partial charge in [0.05, 0.1) is 22.8 Å². The zero-order valence-electron chi connectivity index (χ0n) is 20.1. The van der Waals surface area contributed by atoms with Crippen molar-refractivity contribution in [3.05, 3.63) is 80.5 Å². The van der Waals surface area contributed by atoms with Gasteiger partial charge in [0, 0.05) is 43.3 Å². The molecule has 0 aliphatic heterocycles. The number of hydrogen-bond donors (Lipinski definition) is 0. The Hall–Kier alpha value is -3.52. The Kier molecular flexibility index (Phi) is 6.52. The lowest BCUT2D eigenvalue weighted by Crippen LogP contribution is -2.23. The Morgan fingerprint density at radius 2 is 1.82 bits per heavy atom. The Morgan fingerprint density at radius 3 is 2.50 bits per heavy atom. The summed E-state index contributed by atoms with van der Waals surface area (Å²) >= 11 is 6.46. The van der Waals surface area contributed by atoms with Gasteiger partial charge < -0.3 is 4.74 Å². The predicted octanol–water partition coefficient (Wildman–Crippen LogP) is 4.70. The highest BCUT2D eigenvalue weighted by molar-refractivity contribution is 6.31. The maximum atomic E-state index is 13.3. The molecule has 0 spiro atoms. The van der Waals surface area contributed by atoms with Gasteiger partial charge in [-0.25, -0.2) is 9.97 Å². The van der Waals surface area contributed by atoms with Crippen LogP contribution >= 0.6 is 11.6 Å². The molecule has 0 fully saturated rings. The number of nitrogens with zero attached hydrogens (tertiary/aromatic N) is 6. The Morgan fingerprint density at radius 1 is 1.09 bits per heavy atom. The molecule has 0 aliphatic carbocycles.